The molecule has 0 amide bonds. The van der Waals surface area contributed by atoms with Crippen molar-refractivity contribution in [3.63, 3.8) is 0 Å². The summed E-state index contributed by atoms with van der Waals surface area (Å²) in [6.07, 6.45) is 0. The van der Waals surface area contributed by atoms with E-state index in [4.69, 9.17) is 0 Å². The summed E-state index contributed by atoms with van der Waals surface area (Å²) in [5, 5.41) is 0. The fraction of sp³-hybridized carbons (Fsp3) is 0.333. The maximum atomic E-state index is 13.8. The van der Waals surface area contributed by atoms with Crippen molar-refractivity contribution in [1.29, 1.82) is 0 Å². The van der Waals surface area contributed by atoms with E-state index in [1.807, 2.05) is 34.6 Å². The molecular formula is C18H21FN2OS. The van der Waals surface area contributed by atoms with Gasteiger partial charge in [0.1, 0.15) is 16.8 Å². The fourth-order valence-corrected chi connectivity index (χ4v) is 3.88. The molecule has 1 unspecified atom stereocenters. The first-order chi connectivity index (χ1) is 11.0. The number of hydrogen-bond donors (Lipinski definition) is 0. The predicted octanol–water partition coefficient (Wildman–Crippen LogP) is 3.07. The Kier molecular flexibility index (Phi) is 4.90. The highest BCUT2D eigenvalue weighted by atomic mass is 32.2. The molecule has 3 rings (SSSR count). The van der Waals surface area contributed by atoms with E-state index in [1.54, 1.807) is 13.0 Å². The second-order valence-corrected chi connectivity index (χ2v) is 7.46. The minimum atomic E-state index is -1.17. The first kappa shape index (κ1) is 16.3. The van der Waals surface area contributed by atoms with Crippen LogP contribution in [0.4, 0.5) is 4.39 Å². The Morgan fingerprint density at radius 3 is 2.39 bits per heavy atom. The third-order valence-electron chi connectivity index (χ3n) is 4.24. The molecule has 0 spiro atoms. The number of rotatable bonds is 3. The van der Waals surface area contributed by atoms with Gasteiger partial charge in [0.05, 0.1) is 4.90 Å². The van der Waals surface area contributed by atoms with E-state index in [0.717, 1.165) is 42.2 Å². The summed E-state index contributed by atoms with van der Waals surface area (Å²) >= 11 is 0. The number of benzene rings is 2. The van der Waals surface area contributed by atoms with Gasteiger partial charge in [-0.2, -0.15) is 0 Å². The second-order valence-electron chi connectivity index (χ2n) is 5.97. The smallest absolute Gasteiger partial charge is 0.127 e. The molecule has 1 saturated heterocycles. The van der Waals surface area contributed by atoms with Crippen molar-refractivity contribution in [2.75, 3.05) is 33.2 Å². The highest BCUT2D eigenvalue weighted by Gasteiger charge is 2.20. The number of nitrogens with zero attached hydrogens (tertiary/aromatic N) is 2. The number of hydrogen-bond acceptors (Lipinski definition) is 2. The summed E-state index contributed by atoms with van der Waals surface area (Å²) in [5.41, 5.74) is 2.33. The van der Waals surface area contributed by atoms with Gasteiger partial charge in [0.25, 0.3) is 0 Å². The van der Waals surface area contributed by atoms with E-state index < -0.39 is 11.0 Å². The van der Waals surface area contributed by atoms with Crippen LogP contribution in [0.1, 0.15) is 5.56 Å². The van der Waals surface area contributed by atoms with Gasteiger partial charge in [-0.05, 0) is 48.9 Å². The maximum Gasteiger partial charge on any atom is 0.127 e. The minimum Gasteiger partial charge on any atom is -0.304 e. The third kappa shape index (κ3) is 3.68. The molecule has 1 aliphatic rings. The van der Waals surface area contributed by atoms with E-state index in [-0.39, 0.29) is 5.82 Å². The molecule has 1 fully saturated rings. The fourth-order valence-electron chi connectivity index (χ4n) is 2.66. The summed E-state index contributed by atoms with van der Waals surface area (Å²) in [4.78, 5) is 3.01. The van der Waals surface area contributed by atoms with Crippen molar-refractivity contribution < 1.29 is 8.60 Å². The van der Waals surface area contributed by atoms with Crippen LogP contribution in [-0.2, 0) is 11.0 Å². The molecule has 2 aromatic rings. The van der Waals surface area contributed by atoms with Crippen molar-refractivity contribution in [2.45, 2.75) is 11.8 Å². The zero-order valence-electron chi connectivity index (χ0n) is 13.5. The predicted molar refractivity (Wildman–Crippen MR) is 92.1 cm³/mol. The lowest BCUT2D eigenvalue weighted by Crippen LogP contribution is -2.45. The highest BCUT2D eigenvalue weighted by molar-refractivity contribution is 7.82. The molecule has 1 aliphatic heterocycles. The number of aryl methyl sites for hydroxylation is 1. The normalized spacial score (nSPS) is 18.0. The van der Waals surface area contributed by atoms with Crippen molar-refractivity contribution in [3.05, 3.63) is 53.8 Å². The molecule has 0 aromatic heterocycles. The van der Waals surface area contributed by atoms with Crippen molar-refractivity contribution in [1.82, 2.24) is 9.21 Å². The van der Waals surface area contributed by atoms with Crippen molar-refractivity contribution in [3.8, 4) is 11.1 Å². The van der Waals surface area contributed by atoms with Gasteiger partial charge in [0.2, 0.25) is 0 Å². The first-order valence-electron chi connectivity index (χ1n) is 7.76. The summed E-state index contributed by atoms with van der Waals surface area (Å²) in [6.45, 7) is 5.19. The molecule has 0 N–H and O–H groups in total. The highest BCUT2D eigenvalue weighted by Crippen LogP contribution is 2.24. The van der Waals surface area contributed by atoms with Crippen LogP contribution in [0, 0.1) is 12.7 Å². The van der Waals surface area contributed by atoms with Gasteiger partial charge < -0.3 is 4.90 Å². The van der Waals surface area contributed by atoms with Crippen LogP contribution < -0.4 is 0 Å². The lowest BCUT2D eigenvalue weighted by molar-refractivity contribution is 0.228. The van der Waals surface area contributed by atoms with Gasteiger partial charge in [-0.15, -0.1) is 0 Å². The Morgan fingerprint density at radius 2 is 1.70 bits per heavy atom. The SMILES string of the molecule is Cc1ccc(-c2cccc(S(=O)N3CCN(C)CC3)c2)cc1F. The zero-order chi connectivity index (χ0) is 16.4. The maximum absolute atomic E-state index is 13.8. The van der Waals surface area contributed by atoms with Crippen LogP contribution in [0.2, 0.25) is 0 Å². The summed E-state index contributed by atoms with van der Waals surface area (Å²) in [6, 6.07) is 12.8. The molecule has 23 heavy (non-hydrogen) atoms. The van der Waals surface area contributed by atoms with Gasteiger partial charge in [0.15, 0.2) is 0 Å². The topological polar surface area (TPSA) is 23.6 Å². The van der Waals surface area contributed by atoms with Crippen molar-refractivity contribution >= 4 is 11.0 Å². The first-order valence-corrected chi connectivity index (χ1v) is 8.87. The van der Waals surface area contributed by atoms with Gasteiger partial charge in [-0.25, -0.2) is 12.9 Å². The molecule has 5 heteroatoms. The van der Waals surface area contributed by atoms with E-state index in [0.29, 0.717) is 5.56 Å². The van der Waals surface area contributed by atoms with Crippen LogP contribution in [0.3, 0.4) is 0 Å². The van der Waals surface area contributed by atoms with Gasteiger partial charge >= 0.3 is 0 Å². The van der Waals surface area contributed by atoms with Crippen LogP contribution in [0.25, 0.3) is 11.1 Å². The number of likely N-dealkylation sites (N-methyl/N-ethyl adjacent to an activating group) is 1. The molecule has 1 heterocycles. The average Bonchev–Trinajstić information content (AvgIpc) is 2.57. The molecule has 0 aliphatic carbocycles. The Morgan fingerprint density at radius 1 is 1.00 bits per heavy atom. The van der Waals surface area contributed by atoms with E-state index >= 15 is 0 Å². The molecule has 2 aromatic carbocycles. The van der Waals surface area contributed by atoms with Crippen LogP contribution >= 0.6 is 0 Å². The summed E-state index contributed by atoms with van der Waals surface area (Å²) < 4.78 is 28.5. The van der Waals surface area contributed by atoms with E-state index in [9.17, 15) is 8.60 Å². The summed E-state index contributed by atoms with van der Waals surface area (Å²) in [5.74, 6) is -0.215. The van der Waals surface area contributed by atoms with Crippen LogP contribution in [0.15, 0.2) is 47.4 Å². The van der Waals surface area contributed by atoms with Crippen molar-refractivity contribution in [2.24, 2.45) is 0 Å². The van der Waals surface area contributed by atoms with E-state index in [2.05, 4.69) is 11.9 Å². The van der Waals surface area contributed by atoms with Gasteiger partial charge in [0, 0.05) is 26.2 Å². The van der Waals surface area contributed by atoms with E-state index in [1.165, 1.54) is 6.07 Å². The quantitative estimate of drug-likeness (QED) is 0.862. The molecule has 1 atom stereocenters. The second kappa shape index (κ2) is 6.91. The third-order valence-corrected chi connectivity index (χ3v) is 5.73. The molecule has 122 valence electrons. The molecule has 0 saturated carbocycles. The largest absolute Gasteiger partial charge is 0.304 e. The van der Waals surface area contributed by atoms with Gasteiger partial charge in [-0.1, -0.05) is 24.3 Å². The summed E-state index contributed by atoms with van der Waals surface area (Å²) in [7, 11) is 0.911. The number of halogens is 1. The monoisotopic (exact) mass is 332 g/mol. The Bertz CT molecular complexity index is 727. The number of piperazine rings is 1. The average molecular weight is 332 g/mol. The minimum absolute atomic E-state index is 0.215. The lowest BCUT2D eigenvalue weighted by atomic mass is 10.0. The molecular weight excluding hydrogens is 311 g/mol. The standard InChI is InChI=1S/C18H21FN2OS/c1-14-6-7-16(13-18(14)19)15-4-3-5-17(12-15)23(22)21-10-8-20(2)9-11-21/h3-7,12-13H,8-11H2,1-2H3. The zero-order valence-corrected chi connectivity index (χ0v) is 14.3. The van der Waals surface area contributed by atoms with Crippen LogP contribution in [0.5, 0.6) is 0 Å². The Hall–Kier alpha value is -1.56. The van der Waals surface area contributed by atoms with Crippen LogP contribution in [-0.4, -0.2) is 46.6 Å². The lowest BCUT2D eigenvalue weighted by Gasteiger charge is -2.31. The van der Waals surface area contributed by atoms with Gasteiger partial charge in [-0.3, -0.25) is 0 Å². The molecule has 3 nitrogen and oxygen atoms in total. The Balaban J connectivity index is 1.84. The molecule has 0 radical (unpaired) electrons. The Labute approximate surface area is 139 Å². The molecule has 0 bridgehead atoms.